The largest absolute Gasteiger partial charge is 0.316 e. The first-order valence-electron chi connectivity index (χ1n) is 8.08. The summed E-state index contributed by atoms with van der Waals surface area (Å²) in [6, 6.07) is 0.876. The van der Waals surface area contributed by atoms with Gasteiger partial charge in [-0.15, -0.1) is 0 Å². The Morgan fingerprint density at radius 2 is 1.78 bits per heavy atom. The third kappa shape index (κ3) is 6.19. The Balaban J connectivity index is 2.34. The zero-order chi connectivity index (χ0) is 13.4. The first-order chi connectivity index (χ1) is 8.63. The number of hydrogen-bond acceptors (Lipinski definition) is 2. The van der Waals surface area contributed by atoms with Crippen molar-refractivity contribution < 1.29 is 0 Å². The molecule has 0 aromatic rings. The van der Waals surface area contributed by atoms with Crippen LogP contribution in [0.15, 0.2) is 0 Å². The first kappa shape index (κ1) is 16.0. The zero-order valence-corrected chi connectivity index (χ0v) is 13.0. The lowest BCUT2D eigenvalue weighted by molar-refractivity contribution is 0.153. The van der Waals surface area contributed by atoms with Gasteiger partial charge in [0.15, 0.2) is 0 Å². The van der Waals surface area contributed by atoms with Gasteiger partial charge in [0, 0.05) is 19.1 Å². The predicted octanol–water partition coefficient (Wildman–Crippen LogP) is 3.52. The summed E-state index contributed by atoms with van der Waals surface area (Å²) in [4.78, 5) is 2.77. The van der Waals surface area contributed by atoms with Gasteiger partial charge in [0.25, 0.3) is 0 Å². The smallest absolute Gasteiger partial charge is 0.00954 e. The van der Waals surface area contributed by atoms with Gasteiger partial charge in [0.2, 0.25) is 0 Å². The van der Waals surface area contributed by atoms with Crippen molar-refractivity contribution in [2.75, 3.05) is 26.2 Å². The van der Waals surface area contributed by atoms with Gasteiger partial charge in [-0.05, 0) is 44.2 Å². The highest BCUT2D eigenvalue weighted by molar-refractivity contribution is 4.79. The van der Waals surface area contributed by atoms with Crippen molar-refractivity contribution in [3.05, 3.63) is 0 Å². The Hall–Kier alpha value is -0.0800. The van der Waals surface area contributed by atoms with E-state index in [9.17, 15) is 0 Å². The van der Waals surface area contributed by atoms with Crippen molar-refractivity contribution in [2.45, 2.75) is 65.8 Å². The van der Waals surface area contributed by atoms with Crippen molar-refractivity contribution in [3.63, 3.8) is 0 Å². The SMILES string of the molecule is CCCNCC(C)CN(CC(C)C)C1CCCC1. The van der Waals surface area contributed by atoms with E-state index < -0.39 is 0 Å². The molecule has 0 aromatic heterocycles. The Bertz CT molecular complexity index is 197. The zero-order valence-electron chi connectivity index (χ0n) is 13.0. The maximum Gasteiger partial charge on any atom is 0.00954 e. The number of nitrogens with one attached hydrogen (secondary N) is 1. The molecule has 0 saturated heterocycles. The standard InChI is InChI=1S/C16H34N2/c1-5-10-17-11-15(4)13-18(12-14(2)3)16-8-6-7-9-16/h14-17H,5-13H2,1-4H3. The summed E-state index contributed by atoms with van der Waals surface area (Å²) in [6.45, 7) is 14.2. The maximum atomic E-state index is 3.56. The van der Waals surface area contributed by atoms with E-state index in [0.717, 1.165) is 24.4 Å². The van der Waals surface area contributed by atoms with Gasteiger partial charge < -0.3 is 5.32 Å². The van der Waals surface area contributed by atoms with Gasteiger partial charge in [0.05, 0.1) is 0 Å². The van der Waals surface area contributed by atoms with E-state index in [1.807, 2.05) is 0 Å². The summed E-state index contributed by atoms with van der Waals surface area (Å²) >= 11 is 0. The topological polar surface area (TPSA) is 15.3 Å². The van der Waals surface area contributed by atoms with Crippen LogP contribution in [0.5, 0.6) is 0 Å². The summed E-state index contributed by atoms with van der Waals surface area (Å²) in [5, 5.41) is 3.56. The normalized spacial score (nSPS) is 19.0. The van der Waals surface area contributed by atoms with E-state index in [4.69, 9.17) is 0 Å². The Kier molecular flexibility index (Phi) is 7.92. The van der Waals surface area contributed by atoms with Crippen LogP contribution in [0.4, 0.5) is 0 Å². The van der Waals surface area contributed by atoms with Crippen molar-refractivity contribution in [3.8, 4) is 0 Å². The lowest BCUT2D eigenvalue weighted by atomic mass is 10.1. The predicted molar refractivity (Wildman–Crippen MR) is 81.0 cm³/mol. The van der Waals surface area contributed by atoms with Crippen LogP contribution in [-0.4, -0.2) is 37.1 Å². The molecule has 1 unspecified atom stereocenters. The minimum atomic E-state index is 0.774. The van der Waals surface area contributed by atoms with Crippen molar-refractivity contribution in [1.82, 2.24) is 10.2 Å². The highest BCUT2D eigenvalue weighted by atomic mass is 15.2. The molecule has 108 valence electrons. The van der Waals surface area contributed by atoms with Crippen molar-refractivity contribution in [2.24, 2.45) is 11.8 Å². The van der Waals surface area contributed by atoms with Crippen molar-refractivity contribution in [1.29, 1.82) is 0 Å². The van der Waals surface area contributed by atoms with E-state index in [2.05, 4.69) is 37.9 Å². The Labute approximate surface area is 115 Å². The minimum Gasteiger partial charge on any atom is -0.316 e. The molecule has 1 atom stereocenters. The highest BCUT2D eigenvalue weighted by Crippen LogP contribution is 2.24. The van der Waals surface area contributed by atoms with Gasteiger partial charge in [-0.2, -0.15) is 0 Å². The van der Waals surface area contributed by atoms with Gasteiger partial charge >= 0.3 is 0 Å². The molecule has 1 N–H and O–H groups in total. The van der Waals surface area contributed by atoms with Crippen LogP contribution < -0.4 is 5.32 Å². The van der Waals surface area contributed by atoms with Crippen molar-refractivity contribution >= 4 is 0 Å². The van der Waals surface area contributed by atoms with E-state index >= 15 is 0 Å². The second-order valence-electron chi connectivity index (χ2n) is 6.60. The average molecular weight is 254 g/mol. The summed E-state index contributed by atoms with van der Waals surface area (Å²) in [5.74, 6) is 1.57. The molecule has 1 aliphatic carbocycles. The van der Waals surface area contributed by atoms with E-state index in [0.29, 0.717) is 0 Å². The molecule has 1 fully saturated rings. The quantitative estimate of drug-likeness (QED) is 0.633. The molecule has 0 amide bonds. The van der Waals surface area contributed by atoms with E-state index in [1.165, 1.54) is 51.7 Å². The molecule has 0 aliphatic heterocycles. The van der Waals surface area contributed by atoms with Crippen LogP contribution >= 0.6 is 0 Å². The molecule has 0 radical (unpaired) electrons. The Morgan fingerprint density at radius 1 is 1.11 bits per heavy atom. The second kappa shape index (κ2) is 8.92. The molecular weight excluding hydrogens is 220 g/mol. The van der Waals surface area contributed by atoms with E-state index in [1.54, 1.807) is 0 Å². The second-order valence-corrected chi connectivity index (χ2v) is 6.60. The highest BCUT2D eigenvalue weighted by Gasteiger charge is 2.24. The Morgan fingerprint density at radius 3 is 2.33 bits per heavy atom. The monoisotopic (exact) mass is 254 g/mol. The van der Waals surface area contributed by atoms with E-state index in [-0.39, 0.29) is 0 Å². The van der Waals surface area contributed by atoms with Gasteiger partial charge in [0.1, 0.15) is 0 Å². The minimum absolute atomic E-state index is 0.774. The lowest BCUT2D eigenvalue weighted by Gasteiger charge is -2.32. The fourth-order valence-corrected chi connectivity index (χ4v) is 3.10. The molecule has 0 spiro atoms. The van der Waals surface area contributed by atoms with Crippen LogP contribution in [0.2, 0.25) is 0 Å². The number of hydrogen-bond donors (Lipinski definition) is 1. The van der Waals surface area contributed by atoms with Crippen LogP contribution in [0.1, 0.15) is 59.8 Å². The van der Waals surface area contributed by atoms with Crippen LogP contribution in [0.3, 0.4) is 0 Å². The summed E-state index contributed by atoms with van der Waals surface area (Å²) in [6.07, 6.45) is 7.00. The summed E-state index contributed by atoms with van der Waals surface area (Å²) in [7, 11) is 0. The fourth-order valence-electron chi connectivity index (χ4n) is 3.10. The third-order valence-corrected chi connectivity index (χ3v) is 3.91. The molecular formula is C16H34N2. The molecule has 18 heavy (non-hydrogen) atoms. The molecule has 0 heterocycles. The van der Waals surface area contributed by atoms with Crippen LogP contribution in [0.25, 0.3) is 0 Å². The summed E-state index contributed by atoms with van der Waals surface area (Å²) < 4.78 is 0. The van der Waals surface area contributed by atoms with Gasteiger partial charge in [-0.25, -0.2) is 0 Å². The first-order valence-corrected chi connectivity index (χ1v) is 8.08. The third-order valence-electron chi connectivity index (χ3n) is 3.91. The molecule has 2 nitrogen and oxygen atoms in total. The number of rotatable bonds is 9. The molecule has 1 rings (SSSR count). The number of nitrogens with zero attached hydrogens (tertiary/aromatic N) is 1. The lowest BCUT2D eigenvalue weighted by Crippen LogP contribution is -2.41. The fraction of sp³-hybridized carbons (Fsp3) is 1.00. The van der Waals surface area contributed by atoms with Gasteiger partial charge in [-0.1, -0.05) is 40.5 Å². The molecule has 1 saturated carbocycles. The molecule has 0 aromatic carbocycles. The molecule has 1 aliphatic rings. The molecule has 0 bridgehead atoms. The molecule has 2 heteroatoms. The maximum absolute atomic E-state index is 3.56. The average Bonchev–Trinajstić information content (AvgIpc) is 2.81. The van der Waals surface area contributed by atoms with Gasteiger partial charge in [-0.3, -0.25) is 4.90 Å². The summed E-state index contributed by atoms with van der Waals surface area (Å²) in [5.41, 5.74) is 0. The van der Waals surface area contributed by atoms with Crippen LogP contribution in [0, 0.1) is 11.8 Å². The van der Waals surface area contributed by atoms with Crippen LogP contribution in [-0.2, 0) is 0 Å².